The van der Waals surface area contributed by atoms with Gasteiger partial charge in [-0.2, -0.15) is 0 Å². The number of nitrogens with one attached hydrogen (secondary N) is 1. The Hall–Kier alpha value is -0.770. The maximum Gasteiger partial charge on any atom is 0.317 e. The summed E-state index contributed by atoms with van der Waals surface area (Å²) in [5, 5.41) is 12.7. The van der Waals surface area contributed by atoms with E-state index in [1.807, 2.05) is 7.05 Å². The van der Waals surface area contributed by atoms with Crippen molar-refractivity contribution in [3.8, 4) is 0 Å². The highest BCUT2D eigenvalue weighted by Crippen LogP contribution is 2.25. The highest BCUT2D eigenvalue weighted by Gasteiger charge is 2.27. The van der Waals surface area contributed by atoms with Gasteiger partial charge in [0.05, 0.1) is 6.10 Å². The van der Waals surface area contributed by atoms with Crippen LogP contribution in [0.2, 0.25) is 0 Å². The third-order valence-corrected chi connectivity index (χ3v) is 3.79. The quantitative estimate of drug-likeness (QED) is 0.774. The number of amides is 2. The molecule has 1 rings (SSSR count). The second-order valence-electron chi connectivity index (χ2n) is 5.10. The van der Waals surface area contributed by atoms with E-state index in [9.17, 15) is 9.90 Å². The van der Waals surface area contributed by atoms with Gasteiger partial charge in [-0.15, -0.1) is 0 Å². The normalized spacial score (nSPS) is 24.1. The molecule has 1 saturated carbocycles. The highest BCUT2D eigenvalue weighted by molar-refractivity contribution is 5.74. The third kappa shape index (κ3) is 4.19. The molecule has 1 aliphatic rings. The Morgan fingerprint density at radius 1 is 1.41 bits per heavy atom. The molecule has 4 heteroatoms. The van der Waals surface area contributed by atoms with Gasteiger partial charge < -0.3 is 15.3 Å². The fraction of sp³-hybridized carbons (Fsp3) is 0.923. The average molecular weight is 242 g/mol. The first-order valence-corrected chi connectivity index (χ1v) is 6.78. The molecule has 17 heavy (non-hydrogen) atoms. The van der Waals surface area contributed by atoms with Crippen molar-refractivity contribution in [2.24, 2.45) is 5.92 Å². The van der Waals surface area contributed by atoms with Gasteiger partial charge in [0, 0.05) is 25.6 Å². The molecule has 0 spiro atoms. The van der Waals surface area contributed by atoms with Crippen LogP contribution in [0, 0.1) is 5.92 Å². The van der Waals surface area contributed by atoms with Gasteiger partial charge in [0.1, 0.15) is 0 Å². The maximum absolute atomic E-state index is 11.9. The Balaban J connectivity index is 2.35. The van der Waals surface area contributed by atoms with E-state index in [4.69, 9.17) is 0 Å². The van der Waals surface area contributed by atoms with Crippen molar-refractivity contribution in [1.82, 2.24) is 10.2 Å². The van der Waals surface area contributed by atoms with E-state index < -0.39 is 0 Å². The average Bonchev–Trinajstić information content (AvgIpc) is 2.71. The first kappa shape index (κ1) is 14.3. The highest BCUT2D eigenvalue weighted by atomic mass is 16.3. The number of nitrogens with zero attached hydrogens (tertiary/aromatic N) is 1. The summed E-state index contributed by atoms with van der Waals surface area (Å²) in [6, 6.07) is 0.247. The topological polar surface area (TPSA) is 52.6 Å². The molecule has 0 aromatic carbocycles. The lowest BCUT2D eigenvalue weighted by Gasteiger charge is -2.25. The third-order valence-electron chi connectivity index (χ3n) is 3.79. The van der Waals surface area contributed by atoms with E-state index in [0.717, 1.165) is 32.1 Å². The standard InChI is InChI=1S/C13H26N2O2/c1-4-11(5-2)14-13(17)15(3)9-10-7-6-8-12(10)16/h10-12,16H,4-9H2,1-3H3,(H,14,17). The number of aliphatic hydroxyl groups is 1. The van der Waals surface area contributed by atoms with E-state index in [2.05, 4.69) is 19.2 Å². The van der Waals surface area contributed by atoms with Crippen LogP contribution in [0.1, 0.15) is 46.0 Å². The van der Waals surface area contributed by atoms with Crippen molar-refractivity contribution >= 4 is 6.03 Å². The van der Waals surface area contributed by atoms with Gasteiger partial charge in [-0.05, 0) is 25.7 Å². The fourth-order valence-corrected chi connectivity index (χ4v) is 2.44. The predicted octanol–water partition coefficient (Wildman–Crippen LogP) is 1.98. The van der Waals surface area contributed by atoms with E-state index >= 15 is 0 Å². The Morgan fingerprint density at radius 2 is 2.06 bits per heavy atom. The zero-order valence-corrected chi connectivity index (χ0v) is 11.3. The lowest BCUT2D eigenvalue weighted by atomic mass is 10.1. The number of rotatable bonds is 5. The van der Waals surface area contributed by atoms with E-state index in [1.165, 1.54) is 0 Å². The maximum atomic E-state index is 11.9. The smallest absolute Gasteiger partial charge is 0.317 e. The van der Waals surface area contributed by atoms with Crippen LogP contribution in [0.15, 0.2) is 0 Å². The van der Waals surface area contributed by atoms with Gasteiger partial charge in [0.25, 0.3) is 0 Å². The van der Waals surface area contributed by atoms with Crippen LogP contribution in [0.3, 0.4) is 0 Å². The summed E-state index contributed by atoms with van der Waals surface area (Å²) in [4.78, 5) is 13.6. The Bertz CT molecular complexity index is 242. The molecule has 0 aromatic rings. The Morgan fingerprint density at radius 3 is 2.53 bits per heavy atom. The molecule has 1 aliphatic carbocycles. The lowest BCUT2D eigenvalue weighted by molar-refractivity contribution is 0.113. The molecule has 0 bridgehead atoms. The van der Waals surface area contributed by atoms with Crippen molar-refractivity contribution in [3.05, 3.63) is 0 Å². The molecular weight excluding hydrogens is 216 g/mol. The van der Waals surface area contributed by atoms with Crippen LogP contribution in [0.25, 0.3) is 0 Å². The number of hydrogen-bond donors (Lipinski definition) is 2. The molecule has 4 nitrogen and oxygen atoms in total. The molecule has 0 heterocycles. The predicted molar refractivity (Wildman–Crippen MR) is 68.9 cm³/mol. The minimum Gasteiger partial charge on any atom is -0.393 e. The molecule has 100 valence electrons. The molecule has 0 aliphatic heterocycles. The van der Waals surface area contributed by atoms with Crippen LogP contribution in [-0.4, -0.2) is 41.8 Å². The van der Waals surface area contributed by atoms with Gasteiger partial charge in [0.2, 0.25) is 0 Å². The number of carbonyl (C=O) groups excluding carboxylic acids is 1. The van der Waals surface area contributed by atoms with Crippen LogP contribution >= 0.6 is 0 Å². The first-order chi connectivity index (χ1) is 8.08. The molecule has 2 N–H and O–H groups in total. The summed E-state index contributed by atoms with van der Waals surface area (Å²) in [5.41, 5.74) is 0. The van der Waals surface area contributed by atoms with E-state index in [0.29, 0.717) is 6.54 Å². The van der Waals surface area contributed by atoms with Crippen molar-refractivity contribution in [2.75, 3.05) is 13.6 Å². The number of hydrogen-bond acceptors (Lipinski definition) is 2. The van der Waals surface area contributed by atoms with E-state index in [1.54, 1.807) is 4.90 Å². The fourth-order valence-electron chi connectivity index (χ4n) is 2.44. The SMILES string of the molecule is CCC(CC)NC(=O)N(C)CC1CCCC1O. The minimum absolute atomic E-state index is 0.0159. The molecule has 0 aromatic heterocycles. The number of urea groups is 1. The Labute approximate surface area is 104 Å². The summed E-state index contributed by atoms with van der Waals surface area (Å²) < 4.78 is 0. The molecule has 1 fully saturated rings. The molecule has 0 saturated heterocycles. The lowest BCUT2D eigenvalue weighted by Crippen LogP contribution is -2.45. The van der Waals surface area contributed by atoms with Crippen LogP contribution < -0.4 is 5.32 Å². The second kappa shape index (κ2) is 6.84. The Kier molecular flexibility index (Phi) is 5.75. The van der Waals surface area contributed by atoms with Crippen LogP contribution in [0.5, 0.6) is 0 Å². The van der Waals surface area contributed by atoms with Gasteiger partial charge in [0.15, 0.2) is 0 Å². The monoisotopic (exact) mass is 242 g/mol. The van der Waals surface area contributed by atoms with Crippen molar-refractivity contribution in [2.45, 2.75) is 58.1 Å². The molecule has 2 atom stereocenters. The first-order valence-electron chi connectivity index (χ1n) is 6.78. The molecule has 2 unspecified atom stereocenters. The summed E-state index contributed by atoms with van der Waals surface area (Å²) in [6.07, 6.45) is 4.69. The molecule has 0 radical (unpaired) electrons. The van der Waals surface area contributed by atoms with Crippen LogP contribution in [0.4, 0.5) is 4.79 Å². The summed E-state index contributed by atoms with van der Waals surface area (Å²) in [5.74, 6) is 0.257. The summed E-state index contributed by atoms with van der Waals surface area (Å²) >= 11 is 0. The minimum atomic E-state index is -0.224. The summed E-state index contributed by atoms with van der Waals surface area (Å²) in [7, 11) is 1.81. The number of carbonyl (C=O) groups is 1. The van der Waals surface area contributed by atoms with Crippen molar-refractivity contribution in [1.29, 1.82) is 0 Å². The van der Waals surface area contributed by atoms with Crippen molar-refractivity contribution in [3.63, 3.8) is 0 Å². The van der Waals surface area contributed by atoms with Crippen molar-refractivity contribution < 1.29 is 9.90 Å². The molecular formula is C13H26N2O2. The van der Waals surface area contributed by atoms with Gasteiger partial charge in [-0.25, -0.2) is 4.79 Å². The number of aliphatic hydroxyl groups excluding tert-OH is 1. The van der Waals surface area contributed by atoms with Gasteiger partial charge >= 0.3 is 6.03 Å². The summed E-state index contributed by atoms with van der Waals surface area (Å²) in [6.45, 7) is 4.82. The second-order valence-corrected chi connectivity index (χ2v) is 5.10. The largest absolute Gasteiger partial charge is 0.393 e. The van der Waals surface area contributed by atoms with Crippen LogP contribution in [-0.2, 0) is 0 Å². The van der Waals surface area contributed by atoms with Gasteiger partial charge in [-0.1, -0.05) is 20.3 Å². The zero-order valence-electron chi connectivity index (χ0n) is 11.3. The van der Waals surface area contributed by atoms with Gasteiger partial charge in [-0.3, -0.25) is 0 Å². The zero-order chi connectivity index (χ0) is 12.8. The van der Waals surface area contributed by atoms with E-state index in [-0.39, 0.29) is 24.1 Å². The molecule has 2 amide bonds.